The van der Waals surface area contributed by atoms with Crippen molar-refractivity contribution in [3.8, 4) is 0 Å². The summed E-state index contributed by atoms with van der Waals surface area (Å²) in [6.07, 6.45) is 1.06. The van der Waals surface area contributed by atoms with Gasteiger partial charge in [0.15, 0.2) is 6.29 Å². The Morgan fingerprint density at radius 2 is 2.26 bits per heavy atom. The molecule has 0 saturated carbocycles. The Labute approximate surface area is 138 Å². The summed E-state index contributed by atoms with van der Waals surface area (Å²) in [7, 11) is 0. The molecule has 2 N–H and O–H groups in total. The van der Waals surface area contributed by atoms with Crippen molar-refractivity contribution in [2.24, 2.45) is 5.92 Å². The van der Waals surface area contributed by atoms with E-state index in [9.17, 15) is 4.79 Å². The molecule has 0 spiro atoms. The molecule has 5 nitrogen and oxygen atoms in total. The van der Waals surface area contributed by atoms with Gasteiger partial charge in [-0.2, -0.15) is 0 Å². The number of rotatable bonds is 7. The Balaban J connectivity index is 1.77. The first-order valence-electron chi connectivity index (χ1n) is 8.38. The number of hydrogen-bond acceptors (Lipinski definition) is 4. The standard InChI is InChI=1S/C18H28N2O3/c1-13(2)19-8-10-23-17-12-15(7-9-22-17)18(21)20-16-6-4-5-14(3)11-16/h4-6,11,13,15,17,19H,7-10,12H2,1-3H3,(H,20,21). The number of anilines is 1. The number of amides is 1. The van der Waals surface area contributed by atoms with Crippen LogP contribution in [0.5, 0.6) is 0 Å². The van der Waals surface area contributed by atoms with Crippen LogP contribution in [-0.4, -0.2) is 38.0 Å². The first-order valence-corrected chi connectivity index (χ1v) is 8.38. The molecule has 0 radical (unpaired) electrons. The van der Waals surface area contributed by atoms with Gasteiger partial charge in [0.05, 0.1) is 13.2 Å². The molecule has 23 heavy (non-hydrogen) atoms. The van der Waals surface area contributed by atoms with E-state index in [0.717, 1.165) is 24.2 Å². The van der Waals surface area contributed by atoms with Gasteiger partial charge in [0.25, 0.3) is 0 Å². The Morgan fingerprint density at radius 1 is 1.43 bits per heavy atom. The second kappa shape index (κ2) is 9.01. The van der Waals surface area contributed by atoms with Crippen molar-refractivity contribution in [2.75, 3.05) is 25.1 Å². The predicted molar refractivity (Wildman–Crippen MR) is 91.4 cm³/mol. The Hall–Kier alpha value is -1.43. The summed E-state index contributed by atoms with van der Waals surface area (Å²) >= 11 is 0. The summed E-state index contributed by atoms with van der Waals surface area (Å²) in [4.78, 5) is 12.4. The topological polar surface area (TPSA) is 59.6 Å². The van der Waals surface area contributed by atoms with Gasteiger partial charge in [-0.3, -0.25) is 4.79 Å². The fourth-order valence-corrected chi connectivity index (χ4v) is 2.62. The zero-order chi connectivity index (χ0) is 16.7. The average Bonchev–Trinajstić information content (AvgIpc) is 2.52. The SMILES string of the molecule is Cc1cccc(NC(=O)C2CCOC(OCCNC(C)C)C2)c1. The molecule has 0 aliphatic carbocycles. The van der Waals surface area contributed by atoms with Crippen molar-refractivity contribution in [3.05, 3.63) is 29.8 Å². The number of nitrogens with one attached hydrogen (secondary N) is 2. The zero-order valence-electron chi connectivity index (χ0n) is 14.3. The Morgan fingerprint density at radius 3 is 3.00 bits per heavy atom. The van der Waals surface area contributed by atoms with Crippen molar-refractivity contribution in [3.63, 3.8) is 0 Å². The Kier molecular flexibility index (Phi) is 7.02. The molecule has 128 valence electrons. The molecule has 1 aliphatic heterocycles. The van der Waals surface area contributed by atoms with Gasteiger partial charge in [0.1, 0.15) is 0 Å². The molecule has 1 aromatic carbocycles. The van der Waals surface area contributed by atoms with Gasteiger partial charge < -0.3 is 20.1 Å². The van der Waals surface area contributed by atoms with E-state index in [0.29, 0.717) is 25.7 Å². The molecule has 0 bridgehead atoms. The number of hydrogen-bond donors (Lipinski definition) is 2. The van der Waals surface area contributed by atoms with Crippen LogP contribution in [-0.2, 0) is 14.3 Å². The van der Waals surface area contributed by atoms with Crippen LogP contribution in [0.25, 0.3) is 0 Å². The summed E-state index contributed by atoms with van der Waals surface area (Å²) in [5, 5.41) is 6.29. The molecule has 2 atom stereocenters. The quantitative estimate of drug-likeness (QED) is 0.758. The van der Waals surface area contributed by atoms with E-state index in [1.165, 1.54) is 0 Å². The maximum Gasteiger partial charge on any atom is 0.227 e. The lowest BCUT2D eigenvalue weighted by molar-refractivity contribution is -0.176. The van der Waals surface area contributed by atoms with Crippen LogP contribution >= 0.6 is 0 Å². The third kappa shape index (κ3) is 6.29. The summed E-state index contributed by atoms with van der Waals surface area (Å²) < 4.78 is 11.3. The Bertz CT molecular complexity index is 505. The highest BCUT2D eigenvalue weighted by Gasteiger charge is 2.28. The van der Waals surface area contributed by atoms with Crippen molar-refractivity contribution < 1.29 is 14.3 Å². The van der Waals surface area contributed by atoms with E-state index in [4.69, 9.17) is 9.47 Å². The zero-order valence-corrected chi connectivity index (χ0v) is 14.3. The van der Waals surface area contributed by atoms with Gasteiger partial charge in [-0.25, -0.2) is 0 Å². The summed E-state index contributed by atoms with van der Waals surface area (Å²) in [6.45, 7) is 8.16. The fourth-order valence-electron chi connectivity index (χ4n) is 2.62. The molecule has 2 rings (SSSR count). The number of aryl methyl sites for hydroxylation is 1. The highest BCUT2D eigenvalue weighted by atomic mass is 16.7. The summed E-state index contributed by atoms with van der Waals surface area (Å²) in [5.74, 6) is -0.0138. The molecule has 5 heteroatoms. The van der Waals surface area contributed by atoms with Crippen LogP contribution in [0.3, 0.4) is 0 Å². The van der Waals surface area contributed by atoms with Crippen molar-refractivity contribution in [2.45, 2.75) is 45.9 Å². The van der Waals surface area contributed by atoms with Crippen molar-refractivity contribution >= 4 is 11.6 Å². The van der Waals surface area contributed by atoms with E-state index >= 15 is 0 Å². The number of carbonyl (C=O) groups excluding carboxylic acids is 1. The van der Waals surface area contributed by atoms with Crippen LogP contribution in [0.15, 0.2) is 24.3 Å². The molecular weight excluding hydrogens is 292 g/mol. The van der Waals surface area contributed by atoms with Crippen molar-refractivity contribution in [1.29, 1.82) is 0 Å². The van der Waals surface area contributed by atoms with Gasteiger partial charge in [-0.05, 0) is 31.0 Å². The predicted octanol–water partition coefficient (Wildman–Crippen LogP) is 2.70. The van der Waals surface area contributed by atoms with Gasteiger partial charge in [0, 0.05) is 30.6 Å². The first-order chi connectivity index (χ1) is 11.0. The molecule has 1 aliphatic rings. The smallest absolute Gasteiger partial charge is 0.227 e. The molecule has 1 heterocycles. The van der Waals surface area contributed by atoms with Gasteiger partial charge >= 0.3 is 0 Å². The van der Waals surface area contributed by atoms with Gasteiger partial charge in [0.2, 0.25) is 5.91 Å². The second-order valence-electron chi connectivity index (χ2n) is 6.36. The first kappa shape index (κ1) is 17.9. The molecule has 1 fully saturated rings. The van der Waals surface area contributed by atoms with Crippen LogP contribution in [0, 0.1) is 12.8 Å². The molecule has 0 aromatic heterocycles. The lowest BCUT2D eigenvalue weighted by Gasteiger charge is -2.29. The normalized spacial score (nSPS) is 21.4. The van der Waals surface area contributed by atoms with E-state index in [2.05, 4.69) is 24.5 Å². The molecule has 1 saturated heterocycles. The fraction of sp³-hybridized carbons (Fsp3) is 0.611. The minimum absolute atomic E-state index is 0.0489. The summed E-state index contributed by atoms with van der Waals surface area (Å²) in [5.41, 5.74) is 1.98. The lowest BCUT2D eigenvalue weighted by atomic mass is 9.98. The van der Waals surface area contributed by atoms with Crippen LogP contribution in [0.2, 0.25) is 0 Å². The minimum Gasteiger partial charge on any atom is -0.353 e. The largest absolute Gasteiger partial charge is 0.353 e. The summed E-state index contributed by atoms with van der Waals surface area (Å²) in [6, 6.07) is 8.29. The van der Waals surface area contributed by atoms with Crippen LogP contribution in [0.1, 0.15) is 32.3 Å². The second-order valence-corrected chi connectivity index (χ2v) is 6.36. The van der Waals surface area contributed by atoms with E-state index in [1.807, 2.05) is 31.2 Å². The number of benzene rings is 1. The molecule has 1 amide bonds. The van der Waals surface area contributed by atoms with Crippen molar-refractivity contribution in [1.82, 2.24) is 5.32 Å². The highest BCUT2D eigenvalue weighted by molar-refractivity contribution is 5.92. The number of carbonyl (C=O) groups is 1. The third-order valence-electron chi connectivity index (χ3n) is 3.86. The molecule has 2 unspecified atom stereocenters. The van der Waals surface area contributed by atoms with E-state index in [1.54, 1.807) is 0 Å². The maximum atomic E-state index is 12.4. The monoisotopic (exact) mass is 320 g/mol. The number of ether oxygens (including phenoxy) is 2. The maximum absolute atomic E-state index is 12.4. The van der Waals surface area contributed by atoms with Crippen LogP contribution in [0.4, 0.5) is 5.69 Å². The van der Waals surface area contributed by atoms with Gasteiger partial charge in [-0.15, -0.1) is 0 Å². The minimum atomic E-state index is -0.286. The van der Waals surface area contributed by atoms with Gasteiger partial charge in [-0.1, -0.05) is 26.0 Å². The van der Waals surface area contributed by atoms with E-state index < -0.39 is 0 Å². The molecular formula is C18H28N2O3. The van der Waals surface area contributed by atoms with Crippen LogP contribution < -0.4 is 10.6 Å². The third-order valence-corrected chi connectivity index (χ3v) is 3.86. The highest BCUT2D eigenvalue weighted by Crippen LogP contribution is 2.23. The van der Waals surface area contributed by atoms with E-state index in [-0.39, 0.29) is 18.1 Å². The molecule has 1 aromatic rings. The average molecular weight is 320 g/mol. The lowest BCUT2D eigenvalue weighted by Crippen LogP contribution is -2.36.